The molecule has 2 atom stereocenters. The van der Waals surface area contributed by atoms with E-state index in [1.54, 1.807) is 24.0 Å². The van der Waals surface area contributed by atoms with Gasteiger partial charge in [-0.15, -0.1) is 0 Å². The SMILES string of the molecule is C[C@H](NS(=O)(=O)CCCCCN1CC(=O)NC1O)c1ccc(F)c(OCC2CC2)c1. The van der Waals surface area contributed by atoms with Gasteiger partial charge in [-0.1, -0.05) is 12.5 Å². The molecule has 3 rings (SSSR count). The number of nitrogens with one attached hydrogen (secondary N) is 2. The van der Waals surface area contributed by atoms with Gasteiger partial charge in [0.2, 0.25) is 15.9 Å². The van der Waals surface area contributed by atoms with Crippen molar-refractivity contribution in [3.05, 3.63) is 29.6 Å². The Bertz CT molecular complexity index is 847. The fourth-order valence-electron chi connectivity index (χ4n) is 3.33. The summed E-state index contributed by atoms with van der Waals surface area (Å²) < 4.78 is 46.9. The highest BCUT2D eigenvalue weighted by Crippen LogP contribution is 2.31. The summed E-state index contributed by atoms with van der Waals surface area (Å²) in [6.45, 7) is 2.87. The highest BCUT2D eigenvalue weighted by Gasteiger charge is 2.27. The van der Waals surface area contributed by atoms with Crippen molar-refractivity contribution >= 4 is 15.9 Å². The molecule has 2 aliphatic rings. The molecule has 1 heterocycles. The van der Waals surface area contributed by atoms with E-state index < -0.39 is 28.2 Å². The Morgan fingerprint density at radius 2 is 2.10 bits per heavy atom. The van der Waals surface area contributed by atoms with Crippen LogP contribution in [0.5, 0.6) is 5.75 Å². The molecule has 1 aromatic carbocycles. The summed E-state index contributed by atoms with van der Waals surface area (Å²) in [4.78, 5) is 12.8. The number of sulfonamides is 1. The predicted molar refractivity (Wildman–Crippen MR) is 110 cm³/mol. The number of carbonyl (C=O) groups is 1. The second-order valence-corrected chi connectivity index (χ2v) is 9.95. The lowest BCUT2D eigenvalue weighted by Gasteiger charge is -2.18. The Morgan fingerprint density at radius 3 is 2.77 bits per heavy atom. The number of ether oxygens (including phenoxy) is 1. The summed E-state index contributed by atoms with van der Waals surface area (Å²) in [7, 11) is -3.50. The fourth-order valence-corrected chi connectivity index (χ4v) is 4.70. The Hall–Kier alpha value is -1.75. The van der Waals surface area contributed by atoms with E-state index in [2.05, 4.69) is 10.0 Å². The summed E-state index contributed by atoms with van der Waals surface area (Å²) in [6, 6.07) is 3.91. The molecule has 30 heavy (non-hydrogen) atoms. The number of hydrogen-bond acceptors (Lipinski definition) is 6. The van der Waals surface area contributed by atoms with Gasteiger partial charge in [0.05, 0.1) is 18.9 Å². The zero-order chi connectivity index (χ0) is 21.7. The molecular formula is C20H30FN3O5S. The predicted octanol–water partition coefficient (Wildman–Crippen LogP) is 1.47. The van der Waals surface area contributed by atoms with E-state index in [0.29, 0.717) is 43.9 Å². The lowest BCUT2D eigenvalue weighted by atomic mass is 10.1. The zero-order valence-corrected chi connectivity index (χ0v) is 18.0. The maximum absolute atomic E-state index is 13.9. The highest BCUT2D eigenvalue weighted by molar-refractivity contribution is 7.89. The third-order valence-corrected chi connectivity index (χ3v) is 6.86. The van der Waals surface area contributed by atoms with Crippen LogP contribution in [0.4, 0.5) is 4.39 Å². The minimum Gasteiger partial charge on any atom is -0.490 e. The Morgan fingerprint density at radius 1 is 1.33 bits per heavy atom. The van der Waals surface area contributed by atoms with Gasteiger partial charge in [-0.3, -0.25) is 9.69 Å². The van der Waals surface area contributed by atoms with Crippen LogP contribution in [-0.2, 0) is 14.8 Å². The van der Waals surface area contributed by atoms with Crippen LogP contribution >= 0.6 is 0 Å². The molecule has 2 fully saturated rings. The third-order valence-electron chi connectivity index (χ3n) is 5.32. The molecular weight excluding hydrogens is 413 g/mol. The normalized spacial score (nSPS) is 20.9. The van der Waals surface area contributed by atoms with Gasteiger partial charge in [0.25, 0.3) is 0 Å². The van der Waals surface area contributed by atoms with Crippen molar-refractivity contribution in [1.29, 1.82) is 0 Å². The molecule has 0 bridgehead atoms. The summed E-state index contributed by atoms with van der Waals surface area (Å²) in [6.07, 6.45) is 3.04. The molecule has 10 heteroatoms. The summed E-state index contributed by atoms with van der Waals surface area (Å²) in [5.41, 5.74) is 0.644. The lowest BCUT2D eigenvalue weighted by molar-refractivity contribution is -0.119. The zero-order valence-electron chi connectivity index (χ0n) is 17.1. The maximum Gasteiger partial charge on any atom is 0.237 e. The Labute approximate surface area is 176 Å². The molecule has 1 saturated carbocycles. The van der Waals surface area contributed by atoms with Crippen molar-refractivity contribution in [1.82, 2.24) is 14.9 Å². The van der Waals surface area contributed by atoms with Gasteiger partial charge >= 0.3 is 0 Å². The van der Waals surface area contributed by atoms with Crippen molar-refractivity contribution in [3.63, 3.8) is 0 Å². The van der Waals surface area contributed by atoms with E-state index in [-0.39, 0.29) is 24.0 Å². The number of aliphatic hydroxyl groups is 1. The molecule has 0 aromatic heterocycles. The second kappa shape index (κ2) is 10.0. The molecule has 1 unspecified atom stereocenters. The average Bonchev–Trinajstić information content (AvgIpc) is 3.44. The van der Waals surface area contributed by atoms with Crippen molar-refractivity contribution in [3.8, 4) is 5.75 Å². The molecule has 0 radical (unpaired) electrons. The Kier molecular flexibility index (Phi) is 7.67. The number of amides is 1. The van der Waals surface area contributed by atoms with Crippen LogP contribution in [0.15, 0.2) is 18.2 Å². The number of halogens is 1. The first kappa shape index (κ1) is 22.9. The first-order chi connectivity index (χ1) is 14.2. The van der Waals surface area contributed by atoms with Crippen LogP contribution in [0.3, 0.4) is 0 Å². The van der Waals surface area contributed by atoms with Crippen molar-refractivity contribution in [2.45, 2.75) is 51.4 Å². The summed E-state index contributed by atoms with van der Waals surface area (Å²) in [5.74, 6) is -0.0415. The van der Waals surface area contributed by atoms with Gasteiger partial charge < -0.3 is 15.2 Å². The lowest BCUT2D eigenvalue weighted by Crippen LogP contribution is -2.36. The number of carbonyl (C=O) groups excluding carboxylic acids is 1. The minimum absolute atomic E-state index is 0.0245. The van der Waals surface area contributed by atoms with Crippen LogP contribution < -0.4 is 14.8 Å². The van der Waals surface area contributed by atoms with E-state index in [4.69, 9.17) is 4.74 Å². The number of unbranched alkanes of at least 4 members (excludes halogenated alkanes) is 2. The van der Waals surface area contributed by atoms with E-state index in [9.17, 15) is 22.7 Å². The number of aliphatic hydroxyl groups excluding tert-OH is 1. The van der Waals surface area contributed by atoms with Crippen LogP contribution in [0.25, 0.3) is 0 Å². The van der Waals surface area contributed by atoms with Crippen molar-refractivity contribution in [2.75, 3.05) is 25.4 Å². The monoisotopic (exact) mass is 443 g/mol. The van der Waals surface area contributed by atoms with Crippen LogP contribution in [-0.4, -0.2) is 56.1 Å². The quantitative estimate of drug-likeness (QED) is 0.422. The summed E-state index contributed by atoms with van der Waals surface area (Å²) >= 11 is 0. The number of benzene rings is 1. The molecule has 0 spiro atoms. The van der Waals surface area contributed by atoms with E-state index >= 15 is 0 Å². The van der Waals surface area contributed by atoms with Gasteiger partial charge in [-0.2, -0.15) is 0 Å². The molecule has 168 valence electrons. The van der Waals surface area contributed by atoms with Crippen LogP contribution in [0, 0.1) is 11.7 Å². The molecule has 3 N–H and O–H groups in total. The van der Waals surface area contributed by atoms with Gasteiger partial charge in [0.1, 0.15) is 0 Å². The molecule has 1 aliphatic heterocycles. The first-order valence-corrected chi connectivity index (χ1v) is 12.0. The van der Waals surface area contributed by atoms with E-state index in [1.807, 2.05) is 0 Å². The van der Waals surface area contributed by atoms with E-state index in [1.165, 1.54) is 6.07 Å². The first-order valence-electron chi connectivity index (χ1n) is 10.4. The largest absolute Gasteiger partial charge is 0.490 e. The molecule has 1 amide bonds. The standard InChI is InChI=1S/C20H30FN3O5S/c1-14(16-7-8-17(21)18(11-16)29-13-15-5-6-15)23-30(27,28)10-4-2-3-9-24-12-19(25)22-20(24)26/h7-8,11,14-15,20,23,26H,2-6,9-10,12-13H2,1H3,(H,22,25)/t14-,20?/m0/s1. The topological polar surface area (TPSA) is 108 Å². The molecule has 1 saturated heterocycles. The van der Waals surface area contributed by atoms with E-state index in [0.717, 1.165) is 12.8 Å². The fraction of sp³-hybridized carbons (Fsp3) is 0.650. The second-order valence-electron chi connectivity index (χ2n) is 8.07. The number of rotatable bonds is 12. The van der Waals surface area contributed by atoms with Crippen molar-refractivity contribution < 1.29 is 27.4 Å². The summed E-state index contributed by atoms with van der Waals surface area (Å²) in [5, 5.41) is 12.0. The molecule has 1 aromatic rings. The van der Waals surface area contributed by atoms with Gasteiger partial charge in [-0.25, -0.2) is 17.5 Å². The highest BCUT2D eigenvalue weighted by atomic mass is 32.2. The van der Waals surface area contributed by atoms with Gasteiger partial charge in [-0.05, 0) is 56.2 Å². The Balaban J connectivity index is 1.41. The van der Waals surface area contributed by atoms with Gasteiger partial charge in [0, 0.05) is 12.6 Å². The average molecular weight is 444 g/mol. The van der Waals surface area contributed by atoms with Crippen LogP contribution in [0.2, 0.25) is 0 Å². The van der Waals surface area contributed by atoms with Crippen molar-refractivity contribution in [2.24, 2.45) is 5.92 Å². The third kappa shape index (κ3) is 6.90. The molecule has 1 aliphatic carbocycles. The number of hydrogen-bond donors (Lipinski definition) is 3. The molecule has 8 nitrogen and oxygen atoms in total. The number of nitrogens with zero attached hydrogens (tertiary/aromatic N) is 1. The maximum atomic E-state index is 13.9. The van der Waals surface area contributed by atoms with Crippen LogP contribution in [0.1, 0.15) is 50.6 Å². The minimum atomic E-state index is -3.50. The van der Waals surface area contributed by atoms with Gasteiger partial charge in [0.15, 0.2) is 17.9 Å². The smallest absolute Gasteiger partial charge is 0.237 e.